The number of nitrogens with zero attached hydrogens (tertiary/aromatic N) is 3. The van der Waals surface area contributed by atoms with Crippen LogP contribution in [0.2, 0.25) is 0 Å². The molecule has 1 aliphatic heterocycles. The Balaban J connectivity index is 1.82. The molecule has 7 atom stereocenters. The zero-order valence-corrected chi connectivity index (χ0v) is 31.9. The van der Waals surface area contributed by atoms with Crippen molar-refractivity contribution in [3.05, 3.63) is 52.0 Å². The predicted octanol–water partition coefficient (Wildman–Crippen LogP) is 5.79. The highest BCUT2D eigenvalue weighted by Crippen LogP contribution is 2.35. The monoisotopic (exact) mass is 712 g/mol. The molecule has 1 fully saturated rings. The standard InChI is InChI=1S/C38H56N4O7S/c1-10-24(4)29(20-33(44)38(7)16-17-41(38)8)36(46)42(9)31(23(2)3)21-32(49-26(6)43)35-40-30(22-50-35)34(45)39-28(18-25(5)37(47)48)19-27-14-12-11-13-15-27/h11-15,22-25,28-29,31-32H,10,16-21H2,1-9H3,(H,39,45)(H,47,48)/t24-,25-,28+,29-,31+,32+,38?/m0/s1. The van der Waals surface area contributed by atoms with E-state index in [-0.39, 0.29) is 54.5 Å². The lowest BCUT2D eigenvalue weighted by atomic mass is 9.76. The minimum atomic E-state index is -0.942. The first-order valence-electron chi connectivity index (χ1n) is 17.7. The summed E-state index contributed by atoms with van der Waals surface area (Å²) in [4.78, 5) is 73.4. The molecule has 0 radical (unpaired) electrons. The molecule has 1 aromatic carbocycles. The van der Waals surface area contributed by atoms with Crippen LogP contribution in [0.3, 0.4) is 0 Å². The number of aliphatic carboxylic acids is 1. The predicted molar refractivity (Wildman–Crippen MR) is 194 cm³/mol. The van der Waals surface area contributed by atoms with Crippen molar-refractivity contribution in [3.8, 4) is 0 Å². The number of carboxylic acid groups (broad SMARTS) is 1. The molecule has 0 spiro atoms. The number of likely N-dealkylation sites (tertiary alicyclic amines) is 1. The summed E-state index contributed by atoms with van der Waals surface area (Å²) in [6.45, 7) is 13.8. The molecule has 0 saturated carbocycles. The van der Waals surface area contributed by atoms with Crippen LogP contribution in [0.5, 0.6) is 0 Å². The average molecular weight is 713 g/mol. The largest absolute Gasteiger partial charge is 0.481 e. The molecule has 1 saturated heterocycles. The average Bonchev–Trinajstić information content (AvgIpc) is 3.57. The number of hydrogen-bond acceptors (Lipinski definition) is 9. The van der Waals surface area contributed by atoms with Gasteiger partial charge in [0.05, 0.1) is 11.5 Å². The molecule has 1 aliphatic rings. The van der Waals surface area contributed by atoms with Gasteiger partial charge in [0, 0.05) is 56.7 Å². The van der Waals surface area contributed by atoms with E-state index in [0.717, 1.165) is 24.9 Å². The summed E-state index contributed by atoms with van der Waals surface area (Å²) < 4.78 is 5.77. The van der Waals surface area contributed by atoms with Gasteiger partial charge in [0.15, 0.2) is 11.9 Å². The van der Waals surface area contributed by atoms with Crippen molar-refractivity contribution in [1.82, 2.24) is 20.1 Å². The van der Waals surface area contributed by atoms with Gasteiger partial charge in [-0.2, -0.15) is 0 Å². The van der Waals surface area contributed by atoms with Crippen molar-refractivity contribution in [3.63, 3.8) is 0 Å². The Hall–Kier alpha value is -3.64. The second kappa shape index (κ2) is 18.0. The number of amides is 2. The Bertz CT molecular complexity index is 1480. The number of aromatic nitrogens is 1. The van der Waals surface area contributed by atoms with E-state index < -0.39 is 47.4 Å². The van der Waals surface area contributed by atoms with Crippen LogP contribution in [0, 0.1) is 23.7 Å². The molecule has 1 unspecified atom stereocenters. The molecule has 1 aromatic heterocycles. The Kier molecular flexibility index (Phi) is 14.7. The number of carboxylic acids is 1. The fourth-order valence-electron chi connectivity index (χ4n) is 6.60. The van der Waals surface area contributed by atoms with Crippen LogP contribution in [-0.2, 0) is 30.3 Å². The van der Waals surface area contributed by atoms with E-state index >= 15 is 0 Å². The molecule has 12 heteroatoms. The maximum atomic E-state index is 14.2. The molecule has 0 aliphatic carbocycles. The molecular weight excluding hydrogens is 657 g/mol. The van der Waals surface area contributed by atoms with Crippen LogP contribution in [0.25, 0.3) is 0 Å². The van der Waals surface area contributed by atoms with Gasteiger partial charge in [-0.1, -0.05) is 71.4 Å². The highest BCUT2D eigenvalue weighted by molar-refractivity contribution is 7.09. The van der Waals surface area contributed by atoms with Gasteiger partial charge in [-0.15, -0.1) is 11.3 Å². The van der Waals surface area contributed by atoms with Crippen molar-refractivity contribution >= 4 is 40.9 Å². The van der Waals surface area contributed by atoms with Gasteiger partial charge in [0.2, 0.25) is 5.91 Å². The van der Waals surface area contributed by atoms with E-state index in [1.165, 1.54) is 18.3 Å². The Morgan fingerprint density at radius 2 is 1.76 bits per heavy atom. The summed E-state index contributed by atoms with van der Waals surface area (Å²) in [5, 5.41) is 14.5. The van der Waals surface area contributed by atoms with Crippen molar-refractivity contribution in [2.75, 3.05) is 20.6 Å². The van der Waals surface area contributed by atoms with Crippen molar-refractivity contribution < 1.29 is 33.8 Å². The lowest BCUT2D eigenvalue weighted by Gasteiger charge is -2.48. The van der Waals surface area contributed by atoms with Crippen LogP contribution < -0.4 is 5.32 Å². The van der Waals surface area contributed by atoms with E-state index in [9.17, 15) is 29.1 Å². The number of carbonyl (C=O) groups excluding carboxylic acids is 4. The SMILES string of the molecule is CC[C@H](C)[C@H](CC(=O)C1(C)CCN1C)C(=O)N(C)[C@H](C[C@@H](OC(C)=O)c1nc(C(=O)N[C@@H](Cc2ccccc2)C[C@H](C)C(=O)O)cs1)C(C)C. The Labute approximate surface area is 301 Å². The summed E-state index contributed by atoms with van der Waals surface area (Å²) in [6, 6.07) is 8.73. The van der Waals surface area contributed by atoms with Crippen molar-refractivity contribution in [2.24, 2.45) is 23.7 Å². The van der Waals surface area contributed by atoms with E-state index in [2.05, 4.69) is 10.3 Å². The number of esters is 1. The maximum Gasteiger partial charge on any atom is 0.306 e. The second-order valence-electron chi connectivity index (χ2n) is 14.6. The molecule has 50 heavy (non-hydrogen) atoms. The Morgan fingerprint density at radius 1 is 1.10 bits per heavy atom. The highest BCUT2D eigenvalue weighted by atomic mass is 32.1. The third-order valence-electron chi connectivity index (χ3n) is 10.6. The second-order valence-corrected chi connectivity index (χ2v) is 15.5. The molecule has 11 nitrogen and oxygen atoms in total. The zero-order valence-electron chi connectivity index (χ0n) is 31.1. The molecule has 2 heterocycles. The van der Waals surface area contributed by atoms with Crippen LogP contribution in [0.4, 0.5) is 0 Å². The number of ketones is 1. The number of hydrogen-bond donors (Lipinski definition) is 2. The fourth-order valence-corrected chi connectivity index (χ4v) is 7.44. The third-order valence-corrected chi connectivity index (χ3v) is 11.5. The van der Waals surface area contributed by atoms with Gasteiger partial charge in [0.25, 0.3) is 5.91 Å². The van der Waals surface area contributed by atoms with Crippen LogP contribution in [0.15, 0.2) is 35.7 Å². The van der Waals surface area contributed by atoms with Gasteiger partial charge >= 0.3 is 11.9 Å². The molecule has 2 amide bonds. The molecule has 2 N–H and O–H groups in total. The number of carbonyl (C=O) groups is 5. The number of ether oxygens (including phenoxy) is 1. The number of likely N-dealkylation sites (N-methyl/N-ethyl adjacent to an activating group) is 1. The summed E-state index contributed by atoms with van der Waals surface area (Å²) in [5.41, 5.74) is 0.554. The van der Waals surface area contributed by atoms with E-state index in [1.54, 1.807) is 24.3 Å². The first-order valence-corrected chi connectivity index (χ1v) is 18.6. The molecule has 2 aromatic rings. The third kappa shape index (κ3) is 10.4. The first kappa shape index (κ1) is 40.8. The van der Waals surface area contributed by atoms with Crippen molar-refractivity contribution in [2.45, 2.75) is 111 Å². The van der Waals surface area contributed by atoms with E-state index in [4.69, 9.17) is 4.74 Å². The van der Waals surface area contributed by atoms with E-state index in [0.29, 0.717) is 11.4 Å². The molecule has 276 valence electrons. The number of thiazole rings is 1. The van der Waals surface area contributed by atoms with Crippen molar-refractivity contribution in [1.29, 1.82) is 0 Å². The van der Waals surface area contributed by atoms with Crippen LogP contribution in [-0.4, -0.2) is 87.7 Å². The highest BCUT2D eigenvalue weighted by Gasteiger charge is 2.46. The number of Topliss-reactive ketones (excluding diaryl/α,β-unsaturated/α-hetero) is 1. The van der Waals surface area contributed by atoms with Gasteiger partial charge in [-0.25, -0.2) is 4.98 Å². The summed E-state index contributed by atoms with van der Waals surface area (Å²) in [6.07, 6.45) is 1.81. The lowest BCUT2D eigenvalue weighted by molar-refractivity contribution is -0.150. The molecule has 0 bridgehead atoms. The van der Waals surface area contributed by atoms with Crippen LogP contribution in [0.1, 0.15) is 108 Å². The van der Waals surface area contributed by atoms with Gasteiger partial charge < -0.3 is 20.1 Å². The molecule has 3 rings (SSSR count). The number of rotatable bonds is 19. The number of benzene rings is 1. The lowest BCUT2D eigenvalue weighted by Crippen LogP contribution is -2.61. The topological polar surface area (TPSA) is 146 Å². The molecular formula is C38H56N4O7S. The first-order chi connectivity index (χ1) is 23.5. The van der Waals surface area contributed by atoms with E-state index in [1.807, 2.05) is 76.9 Å². The smallest absolute Gasteiger partial charge is 0.306 e. The van der Waals surface area contributed by atoms with Crippen LogP contribution >= 0.6 is 11.3 Å². The number of nitrogens with one attached hydrogen (secondary N) is 1. The quantitative estimate of drug-likeness (QED) is 0.173. The Morgan fingerprint density at radius 3 is 2.28 bits per heavy atom. The fraction of sp³-hybridized carbons (Fsp3) is 0.632. The minimum absolute atomic E-state index is 0.0100. The zero-order chi connectivity index (χ0) is 37.3. The normalized spacial score (nSPS) is 19.7. The minimum Gasteiger partial charge on any atom is -0.481 e. The van der Waals surface area contributed by atoms with Gasteiger partial charge in [0.1, 0.15) is 10.7 Å². The van der Waals surface area contributed by atoms with Gasteiger partial charge in [-0.3, -0.25) is 28.9 Å². The van der Waals surface area contributed by atoms with Gasteiger partial charge in [-0.05, 0) is 50.6 Å². The maximum absolute atomic E-state index is 14.2. The summed E-state index contributed by atoms with van der Waals surface area (Å²) in [7, 11) is 3.69. The summed E-state index contributed by atoms with van der Waals surface area (Å²) >= 11 is 1.19. The summed E-state index contributed by atoms with van der Waals surface area (Å²) in [5.74, 6) is -3.13.